The molecule has 1 saturated heterocycles. The lowest BCUT2D eigenvalue weighted by atomic mass is 10.1. The summed E-state index contributed by atoms with van der Waals surface area (Å²) in [6.45, 7) is 1.68. The summed E-state index contributed by atoms with van der Waals surface area (Å²) in [5.74, 6) is 0.949. The molecule has 7 heteroatoms. The van der Waals surface area contributed by atoms with Crippen LogP contribution in [0.5, 0.6) is 0 Å². The number of carbonyl (C=O) groups is 1. The van der Waals surface area contributed by atoms with E-state index in [0.29, 0.717) is 5.56 Å². The lowest BCUT2D eigenvalue weighted by Gasteiger charge is -2.26. The number of aromatic nitrogens is 3. The number of rotatable bonds is 5. The number of imidazole rings is 1. The first-order valence-electron chi connectivity index (χ1n) is 10.9. The van der Waals surface area contributed by atoms with Crippen molar-refractivity contribution in [3.8, 4) is 11.3 Å². The van der Waals surface area contributed by atoms with Crippen LogP contribution in [0.1, 0.15) is 29.6 Å². The number of hydrogen-bond donors (Lipinski definition) is 1. The summed E-state index contributed by atoms with van der Waals surface area (Å²) in [5, 5.41) is 3.52. The maximum atomic E-state index is 13.0. The number of fused-ring (bicyclic) bond motifs is 1. The van der Waals surface area contributed by atoms with Crippen LogP contribution in [0.3, 0.4) is 0 Å². The first-order chi connectivity index (χ1) is 15.7. The van der Waals surface area contributed by atoms with Gasteiger partial charge in [0.2, 0.25) is 0 Å². The second-order valence-electron chi connectivity index (χ2n) is 7.90. The van der Waals surface area contributed by atoms with Gasteiger partial charge in [0.15, 0.2) is 5.65 Å². The Morgan fingerprint density at radius 1 is 1.06 bits per heavy atom. The van der Waals surface area contributed by atoms with Gasteiger partial charge in [-0.1, -0.05) is 18.2 Å². The molecule has 162 valence electrons. The van der Waals surface area contributed by atoms with E-state index in [4.69, 9.17) is 4.98 Å². The maximum Gasteiger partial charge on any atom is 0.253 e. The van der Waals surface area contributed by atoms with Crippen molar-refractivity contribution in [1.82, 2.24) is 19.3 Å². The highest BCUT2D eigenvalue weighted by atomic mass is 32.2. The molecule has 2 aromatic carbocycles. The van der Waals surface area contributed by atoms with E-state index >= 15 is 0 Å². The van der Waals surface area contributed by atoms with Crippen LogP contribution in [0.25, 0.3) is 16.9 Å². The summed E-state index contributed by atoms with van der Waals surface area (Å²) in [6.07, 6.45) is 10.8. The van der Waals surface area contributed by atoms with E-state index in [0.717, 1.165) is 54.3 Å². The Morgan fingerprint density at radius 2 is 1.88 bits per heavy atom. The highest BCUT2D eigenvalue weighted by Crippen LogP contribution is 2.32. The summed E-state index contributed by atoms with van der Waals surface area (Å²) >= 11 is 1.71. The minimum atomic E-state index is 0.101. The zero-order valence-electron chi connectivity index (χ0n) is 18.0. The number of carbonyl (C=O) groups excluding carboxylic acids is 1. The fourth-order valence-corrected chi connectivity index (χ4v) is 4.53. The Morgan fingerprint density at radius 3 is 2.66 bits per heavy atom. The lowest BCUT2D eigenvalue weighted by molar-refractivity contribution is 0.0724. The zero-order chi connectivity index (χ0) is 21.9. The number of benzene rings is 2. The molecule has 1 fully saturated rings. The van der Waals surface area contributed by atoms with E-state index in [9.17, 15) is 4.79 Å². The molecule has 0 saturated carbocycles. The quantitative estimate of drug-likeness (QED) is 0.413. The first kappa shape index (κ1) is 20.6. The van der Waals surface area contributed by atoms with Gasteiger partial charge in [0.25, 0.3) is 5.91 Å². The van der Waals surface area contributed by atoms with Gasteiger partial charge >= 0.3 is 0 Å². The normalized spacial score (nSPS) is 14.0. The van der Waals surface area contributed by atoms with Crippen LogP contribution in [0, 0.1) is 0 Å². The maximum absolute atomic E-state index is 13.0. The van der Waals surface area contributed by atoms with Gasteiger partial charge in [-0.15, -0.1) is 11.8 Å². The molecular weight excluding hydrogens is 418 g/mol. The first-order valence-corrected chi connectivity index (χ1v) is 12.1. The number of hydrogen-bond acceptors (Lipinski definition) is 5. The molecule has 0 atom stereocenters. The largest absolute Gasteiger partial charge is 0.339 e. The molecule has 2 aromatic heterocycles. The number of amides is 1. The van der Waals surface area contributed by atoms with E-state index in [2.05, 4.69) is 40.8 Å². The summed E-state index contributed by atoms with van der Waals surface area (Å²) < 4.78 is 1.99. The molecule has 1 aliphatic heterocycles. The van der Waals surface area contributed by atoms with Crippen molar-refractivity contribution in [2.75, 3.05) is 24.7 Å². The van der Waals surface area contributed by atoms with Gasteiger partial charge in [0, 0.05) is 47.2 Å². The third-order valence-electron chi connectivity index (χ3n) is 5.81. The van der Waals surface area contributed by atoms with Gasteiger partial charge in [-0.2, -0.15) is 0 Å². The molecule has 0 bridgehead atoms. The zero-order valence-corrected chi connectivity index (χ0v) is 18.8. The molecule has 0 spiro atoms. The van der Waals surface area contributed by atoms with Gasteiger partial charge in [0.05, 0.1) is 6.20 Å². The molecule has 5 rings (SSSR count). The van der Waals surface area contributed by atoms with Crippen LogP contribution in [0.15, 0.2) is 72.0 Å². The Balaban J connectivity index is 1.50. The smallest absolute Gasteiger partial charge is 0.253 e. The highest BCUT2D eigenvalue weighted by Gasteiger charge is 2.19. The number of thioether (sulfide) groups is 1. The second-order valence-corrected chi connectivity index (χ2v) is 8.78. The van der Waals surface area contributed by atoms with Crippen molar-refractivity contribution < 1.29 is 4.79 Å². The molecule has 4 aromatic rings. The van der Waals surface area contributed by atoms with Crippen molar-refractivity contribution in [2.24, 2.45) is 0 Å². The van der Waals surface area contributed by atoms with E-state index in [1.807, 2.05) is 39.8 Å². The minimum Gasteiger partial charge on any atom is -0.339 e. The SMILES string of the molecule is CSc1ccc(-c2nc3cnccn3c2Nc2cccc(C(=O)N3CCCCC3)c2)cc1. The van der Waals surface area contributed by atoms with Gasteiger partial charge in [-0.05, 0) is 55.9 Å². The molecule has 6 nitrogen and oxygen atoms in total. The molecular formula is C25H25N5OS. The van der Waals surface area contributed by atoms with Crippen molar-refractivity contribution >= 4 is 34.8 Å². The molecule has 1 amide bonds. The molecule has 1 aliphatic rings. The highest BCUT2D eigenvalue weighted by molar-refractivity contribution is 7.98. The van der Waals surface area contributed by atoms with E-state index in [1.165, 1.54) is 11.3 Å². The topological polar surface area (TPSA) is 62.5 Å². The molecule has 3 heterocycles. The van der Waals surface area contributed by atoms with Crippen molar-refractivity contribution in [1.29, 1.82) is 0 Å². The lowest BCUT2D eigenvalue weighted by Crippen LogP contribution is -2.35. The number of nitrogens with one attached hydrogen (secondary N) is 1. The minimum absolute atomic E-state index is 0.101. The van der Waals surface area contributed by atoms with Crippen molar-refractivity contribution in [3.63, 3.8) is 0 Å². The van der Waals surface area contributed by atoms with Gasteiger partial charge < -0.3 is 10.2 Å². The molecule has 1 N–H and O–H groups in total. The van der Waals surface area contributed by atoms with Crippen molar-refractivity contribution in [2.45, 2.75) is 24.2 Å². The standard InChI is InChI=1S/C25H25N5OS/c1-32-21-10-8-18(9-11-21)23-24(30-15-12-26-17-22(30)28-23)27-20-7-5-6-19(16-20)25(31)29-13-3-2-4-14-29/h5-12,15-17,27H,2-4,13-14H2,1H3. The van der Waals surface area contributed by atoms with Gasteiger partial charge in [-0.25, -0.2) is 4.98 Å². The van der Waals surface area contributed by atoms with Crippen LogP contribution in [0.2, 0.25) is 0 Å². The van der Waals surface area contributed by atoms with E-state index in [1.54, 1.807) is 24.2 Å². The Hall–Kier alpha value is -3.32. The summed E-state index contributed by atoms with van der Waals surface area (Å²) in [5.41, 5.74) is 4.19. The summed E-state index contributed by atoms with van der Waals surface area (Å²) in [4.78, 5) is 25.2. The summed E-state index contributed by atoms with van der Waals surface area (Å²) in [7, 11) is 0. The molecule has 0 aliphatic carbocycles. The van der Waals surface area contributed by atoms with Crippen LogP contribution >= 0.6 is 11.8 Å². The van der Waals surface area contributed by atoms with Crippen LogP contribution in [-0.2, 0) is 0 Å². The van der Waals surface area contributed by atoms with E-state index < -0.39 is 0 Å². The number of anilines is 2. The monoisotopic (exact) mass is 443 g/mol. The molecule has 0 radical (unpaired) electrons. The predicted octanol–water partition coefficient (Wildman–Crippen LogP) is 5.49. The third-order valence-corrected chi connectivity index (χ3v) is 6.55. The van der Waals surface area contributed by atoms with Gasteiger partial charge in [0.1, 0.15) is 11.5 Å². The second kappa shape index (κ2) is 9.04. The van der Waals surface area contributed by atoms with Gasteiger partial charge in [-0.3, -0.25) is 14.2 Å². The predicted molar refractivity (Wildman–Crippen MR) is 130 cm³/mol. The Bertz CT molecular complexity index is 1240. The van der Waals surface area contributed by atoms with Crippen LogP contribution < -0.4 is 5.32 Å². The number of nitrogens with zero attached hydrogens (tertiary/aromatic N) is 4. The molecule has 0 unspecified atom stereocenters. The van der Waals surface area contributed by atoms with Crippen LogP contribution in [0.4, 0.5) is 11.5 Å². The average Bonchev–Trinajstić information content (AvgIpc) is 3.22. The fourth-order valence-electron chi connectivity index (χ4n) is 4.12. The van der Waals surface area contributed by atoms with Crippen molar-refractivity contribution in [3.05, 3.63) is 72.7 Å². The molecule has 32 heavy (non-hydrogen) atoms. The average molecular weight is 444 g/mol. The van der Waals surface area contributed by atoms with E-state index in [-0.39, 0.29) is 5.91 Å². The third kappa shape index (κ3) is 4.08. The Kier molecular flexibility index (Phi) is 5.81. The number of likely N-dealkylation sites (tertiary alicyclic amines) is 1. The summed E-state index contributed by atoms with van der Waals surface area (Å²) in [6, 6.07) is 16.1. The fraction of sp³-hybridized carbons (Fsp3) is 0.240. The van der Waals surface area contributed by atoms with Crippen LogP contribution in [-0.4, -0.2) is 44.5 Å². The number of piperidine rings is 1. The Labute approximate surface area is 191 Å².